The fourth-order valence-electron chi connectivity index (χ4n) is 2.75. The first kappa shape index (κ1) is 21.7. The smallest absolute Gasteiger partial charge is 0.283 e. The minimum absolute atomic E-state index is 0.0464. The van der Waals surface area contributed by atoms with Crippen molar-refractivity contribution < 1.29 is 13.2 Å². The Labute approximate surface area is 182 Å². The highest BCUT2D eigenvalue weighted by Crippen LogP contribution is 2.32. The highest BCUT2D eigenvalue weighted by Gasteiger charge is 2.39. The Kier molecular flexibility index (Phi) is 6.02. The summed E-state index contributed by atoms with van der Waals surface area (Å²) in [6.45, 7) is 3.60. The van der Waals surface area contributed by atoms with Crippen LogP contribution in [0.2, 0.25) is 0 Å². The van der Waals surface area contributed by atoms with Gasteiger partial charge in [0.1, 0.15) is 0 Å². The summed E-state index contributed by atoms with van der Waals surface area (Å²) in [6, 6.07) is 5.55. The number of amides is 1. The van der Waals surface area contributed by atoms with Gasteiger partial charge in [-0.2, -0.15) is 10.0 Å². The van der Waals surface area contributed by atoms with E-state index in [9.17, 15) is 13.2 Å². The molecule has 3 rings (SSSR count). The Hall–Kier alpha value is -1.98. The number of carbonyl (C=O) groups excluding carboxylic acids is 1. The highest BCUT2D eigenvalue weighted by molar-refractivity contribution is 9.10. The zero-order chi connectivity index (χ0) is 21.5. The van der Waals surface area contributed by atoms with Crippen LogP contribution in [0.1, 0.15) is 19.4 Å². The first-order valence-electron chi connectivity index (χ1n) is 8.69. The number of hydrogen-bond donors (Lipinski definition) is 1. The number of rotatable bonds is 4. The molecule has 0 aromatic heterocycles. The van der Waals surface area contributed by atoms with E-state index < -0.39 is 15.7 Å². The molecule has 0 unspecified atom stereocenters. The molecule has 0 saturated carbocycles. The third kappa shape index (κ3) is 4.46. The van der Waals surface area contributed by atoms with Crippen LogP contribution >= 0.6 is 27.7 Å². The van der Waals surface area contributed by atoms with E-state index in [0.29, 0.717) is 5.56 Å². The van der Waals surface area contributed by atoms with Crippen LogP contribution in [-0.2, 0) is 14.6 Å². The molecule has 29 heavy (non-hydrogen) atoms. The number of amidine groups is 2. The zero-order valence-corrected chi connectivity index (χ0v) is 19.5. The van der Waals surface area contributed by atoms with Gasteiger partial charge in [-0.1, -0.05) is 19.9 Å². The van der Waals surface area contributed by atoms with Crippen molar-refractivity contribution in [2.75, 3.05) is 24.7 Å². The molecule has 1 aromatic carbocycles. The van der Waals surface area contributed by atoms with Gasteiger partial charge in [0.25, 0.3) is 5.91 Å². The summed E-state index contributed by atoms with van der Waals surface area (Å²) in [5.41, 5.74) is 1.72. The Morgan fingerprint density at radius 3 is 2.62 bits per heavy atom. The summed E-state index contributed by atoms with van der Waals surface area (Å²) >= 11 is 4.30. The fraction of sp³-hybridized carbons (Fsp3) is 0.333. The third-order valence-corrected chi connectivity index (χ3v) is 8.09. The maximum Gasteiger partial charge on any atom is 0.283 e. The number of hydrogen-bond acceptors (Lipinski definition) is 7. The highest BCUT2D eigenvalue weighted by atomic mass is 79.9. The number of nitrogens with one attached hydrogen (secondary N) is 1. The van der Waals surface area contributed by atoms with Crippen molar-refractivity contribution in [1.82, 2.24) is 5.01 Å². The first-order valence-corrected chi connectivity index (χ1v) is 12.0. The summed E-state index contributed by atoms with van der Waals surface area (Å²) in [5.74, 6) is -0.923. The molecular weight excluding hydrogens is 478 g/mol. The van der Waals surface area contributed by atoms with Crippen molar-refractivity contribution in [3.8, 4) is 0 Å². The molecule has 2 aliphatic rings. The molecule has 0 fully saturated rings. The monoisotopic (exact) mass is 497 g/mol. The molecule has 1 N–H and O–H groups in total. The number of benzene rings is 1. The topological polar surface area (TPSA) is 106 Å². The molecule has 0 bridgehead atoms. The molecule has 1 aromatic rings. The molecule has 1 amide bonds. The molecule has 0 aliphatic carbocycles. The summed E-state index contributed by atoms with van der Waals surface area (Å²) in [5, 5.41) is 13.6. The number of aliphatic imine (C=N–C) groups is 1. The van der Waals surface area contributed by atoms with Crippen LogP contribution in [0.15, 0.2) is 38.3 Å². The van der Waals surface area contributed by atoms with Crippen LogP contribution in [0.4, 0.5) is 5.69 Å². The van der Waals surface area contributed by atoms with Crippen molar-refractivity contribution in [1.29, 1.82) is 5.41 Å². The second kappa shape index (κ2) is 8.04. The zero-order valence-electron chi connectivity index (χ0n) is 16.3. The minimum atomic E-state index is -3.60. The Bertz CT molecular complexity index is 1090. The third-order valence-electron chi connectivity index (χ3n) is 4.02. The normalized spacial score (nSPS) is 18.3. The molecule has 2 aliphatic heterocycles. The second-order valence-corrected chi connectivity index (χ2v) is 11.2. The number of nitrogens with zero attached hydrogens (tertiary/aromatic N) is 4. The Morgan fingerprint density at radius 2 is 2.03 bits per heavy atom. The first-order chi connectivity index (χ1) is 13.5. The van der Waals surface area contributed by atoms with E-state index in [2.05, 4.69) is 26.0 Å². The molecule has 154 valence electrons. The van der Waals surface area contributed by atoms with Crippen molar-refractivity contribution in [3.63, 3.8) is 0 Å². The predicted octanol–water partition coefficient (Wildman–Crippen LogP) is 3.16. The lowest BCUT2D eigenvalue weighted by Crippen LogP contribution is -2.35. The minimum Gasteiger partial charge on any atom is -0.377 e. The van der Waals surface area contributed by atoms with Crippen LogP contribution < -0.4 is 4.90 Å². The number of halogens is 1. The molecule has 11 heteroatoms. The van der Waals surface area contributed by atoms with Gasteiger partial charge in [-0.25, -0.2) is 8.42 Å². The van der Waals surface area contributed by atoms with E-state index in [4.69, 9.17) is 5.41 Å². The van der Waals surface area contributed by atoms with Gasteiger partial charge in [0.15, 0.2) is 5.84 Å². The maximum atomic E-state index is 12.5. The fourth-order valence-corrected chi connectivity index (χ4v) is 6.29. The largest absolute Gasteiger partial charge is 0.377 e. The number of carbonyl (C=O) groups is 1. The molecule has 2 heterocycles. The maximum absolute atomic E-state index is 12.5. The van der Waals surface area contributed by atoms with Gasteiger partial charge in [0.05, 0.1) is 17.0 Å². The van der Waals surface area contributed by atoms with Gasteiger partial charge >= 0.3 is 0 Å². The number of hydrazone groups is 1. The number of fused-ring (bicyclic) bond motifs is 1. The van der Waals surface area contributed by atoms with E-state index in [0.717, 1.165) is 26.9 Å². The van der Waals surface area contributed by atoms with Gasteiger partial charge < -0.3 is 4.90 Å². The lowest BCUT2D eigenvalue weighted by Gasteiger charge is -2.20. The molecule has 0 radical (unpaired) electrons. The average Bonchev–Trinajstić information content (AvgIpc) is 3.02. The van der Waals surface area contributed by atoms with Crippen LogP contribution in [0.3, 0.4) is 0 Å². The van der Waals surface area contributed by atoms with E-state index >= 15 is 0 Å². The van der Waals surface area contributed by atoms with Gasteiger partial charge in [-0.05, 0) is 57.4 Å². The van der Waals surface area contributed by atoms with Crippen LogP contribution in [-0.4, -0.2) is 54.6 Å². The van der Waals surface area contributed by atoms with Gasteiger partial charge in [0, 0.05) is 18.6 Å². The number of thioether (sulfide) groups is 1. The Morgan fingerprint density at radius 1 is 1.34 bits per heavy atom. The van der Waals surface area contributed by atoms with E-state index in [1.54, 1.807) is 19.9 Å². The molecular formula is C18H20BrN5O3S2. The molecule has 8 nitrogen and oxygen atoms in total. The van der Waals surface area contributed by atoms with Gasteiger partial charge in [-0.3, -0.25) is 10.2 Å². The lowest BCUT2D eigenvalue weighted by molar-refractivity contribution is -0.114. The predicted molar refractivity (Wildman–Crippen MR) is 122 cm³/mol. The summed E-state index contributed by atoms with van der Waals surface area (Å²) in [7, 11) is 0.238. The van der Waals surface area contributed by atoms with Gasteiger partial charge in [-0.15, -0.1) is 5.10 Å². The van der Waals surface area contributed by atoms with E-state index in [1.165, 1.54) is 0 Å². The summed E-state index contributed by atoms with van der Waals surface area (Å²) < 4.78 is 25.6. The second-order valence-electron chi connectivity index (χ2n) is 7.17. The summed E-state index contributed by atoms with van der Waals surface area (Å²) in [6.07, 6.45) is 1.55. The molecule has 0 spiro atoms. The van der Waals surface area contributed by atoms with Crippen molar-refractivity contribution in [2.45, 2.75) is 13.8 Å². The van der Waals surface area contributed by atoms with Crippen LogP contribution in [0.25, 0.3) is 6.08 Å². The van der Waals surface area contributed by atoms with Crippen molar-refractivity contribution >= 4 is 70.6 Å². The number of sulfone groups is 1. The SMILES string of the molecule is CC(C)CS(=O)(=O)C1=NN2C(=N)/C(=C/c3ccc(N(C)C)c(Br)c3)C(=O)N=C2S1. The molecule has 0 atom stereocenters. The summed E-state index contributed by atoms with van der Waals surface area (Å²) in [4.78, 5) is 18.4. The van der Waals surface area contributed by atoms with E-state index in [1.807, 2.05) is 37.2 Å². The quantitative estimate of drug-likeness (QED) is 0.640. The lowest BCUT2D eigenvalue weighted by atomic mass is 10.1. The Balaban J connectivity index is 1.94. The van der Waals surface area contributed by atoms with Gasteiger partial charge in [0.2, 0.25) is 19.4 Å². The van der Waals surface area contributed by atoms with Crippen LogP contribution in [0.5, 0.6) is 0 Å². The standard InChI is InChI=1S/C18H20BrN5O3S2/c1-10(2)9-29(26,27)18-22-24-15(20)12(16(25)21-17(24)28-18)7-11-5-6-14(23(3)4)13(19)8-11/h5-8,10,20H,9H2,1-4H3/b12-7-,20-15?. The van der Waals surface area contributed by atoms with Crippen LogP contribution in [0, 0.1) is 11.3 Å². The average molecular weight is 498 g/mol. The van der Waals surface area contributed by atoms with E-state index in [-0.39, 0.29) is 32.6 Å². The molecule has 0 saturated heterocycles. The van der Waals surface area contributed by atoms with Crippen molar-refractivity contribution in [2.24, 2.45) is 16.0 Å². The number of anilines is 1. The van der Waals surface area contributed by atoms with Crippen molar-refractivity contribution in [3.05, 3.63) is 33.8 Å².